The van der Waals surface area contributed by atoms with Gasteiger partial charge in [0, 0.05) is 13.1 Å². The monoisotopic (exact) mass is 251 g/mol. The molecule has 1 aliphatic carbocycles. The maximum atomic E-state index is 5.87. The smallest absolute Gasteiger partial charge is 0.113 e. The fraction of sp³-hybridized carbons (Fsp3) is 0.875. The second-order valence-electron chi connectivity index (χ2n) is 6.72. The summed E-state index contributed by atoms with van der Waals surface area (Å²) in [6, 6.07) is 0. The zero-order chi connectivity index (χ0) is 13.3. The molecular formula is C16H29NO. The molecule has 0 aromatic heterocycles. The van der Waals surface area contributed by atoms with Crippen molar-refractivity contribution in [2.45, 2.75) is 47.3 Å². The first-order valence-electron chi connectivity index (χ1n) is 7.52. The third-order valence-electron chi connectivity index (χ3n) is 4.64. The van der Waals surface area contributed by atoms with E-state index in [4.69, 9.17) is 4.74 Å². The van der Waals surface area contributed by atoms with Gasteiger partial charge in [-0.1, -0.05) is 39.3 Å². The van der Waals surface area contributed by atoms with Crippen LogP contribution in [-0.4, -0.2) is 30.8 Å². The minimum atomic E-state index is 0.344. The minimum Gasteiger partial charge on any atom is -0.362 e. The molecule has 0 radical (unpaired) electrons. The molecule has 1 aliphatic heterocycles. The lowest BCUT2D eigenvalue weighted by Crippen LogP contribution is -2.41. The molecule has 2 heteroatoms. The standard InChI is InChI=1S/C16H29NO/c1-11(2)16-17(6-7-18-16)10-15-13(4)8-12(3)9-14(15)5/h8,11,13-16H,6-7,9-10H2,1-5H3/t13-,14+,15-,16-/m0/s1. The van der Waals surface area contributed by atoms with Crippen molar-refractivity contribution in [1.29, 1.82) is 0 Å². The number of nitrogens with zero attached hydrogens (tertiary/aromatic N) is 1. The van der Waals surface area contributed by atoms with Crippen LogP contribution in [0.4, 0.5) is 0 Å². The van der Waals surface area contributed by atoms with E-state index < -0.39 is 0 Å². The summed E-state index contributed by atoms with van der Waals surface area (Å²) < 4.78 is 5.87. The summed E-state index contributed by atoms with van der Waals surface area (Å²) in [5, 5.41) is 0. The van der Waals surface area contributed by atoms with Crippen LogP contribution in [0.25, 0.3) is 0 Å². The molecule has 1 fully saturated rings. The average Bonchev–Trinajstić information content (AvgIpc) is 2.71. The van der Waals surface area contributed by atoms with E-state index in [0.717, 1.165) is 25.0 Å². The summed E-state index contributed by atoms with van der Waals surface area (Å²) in [5.74, 6) is 2.90. The first kappa shape index (κ1) is 14.1. The molecule has 2 rings (SSSR count). The van der Waals surface area contributed by atoms with Crippen molar-refractivity contribution in [2.24, 2.45) is 23.7 Å². The highest BCUT2D eigenvalue weighted by atomic mass is 16.5. The maximum absolute atomic E-state index is 5.87. The largest absolute Gasteiger partial charge is 0.362 e. The van der Waals surface area contributed by atoms with Gasteiger partial charge in [-0.3, -0.25) is 4.90 Å². The van der Waals surface area contributed by atoms with Crippen LogP contribution in [-0.2, 0) is 4.74 Å². The van der Waals surface area contributed by atoms with Crippen LogP contribution >= 0.6 is 0 Å². The van der Waals surface area contributed by atoms with E-state index in [2.05, 4.69) is 45.6 Å². The Balaban J connectivity index is 2.00. The van der Waals surface area contributed by atoms with E-state index >= 15 is 0 Å². The molecule has 0 bridgehead atoms. The lowest BCUT2D eigenvalue weighted by molar-refractivity contribution is -0.0144. The Morgan fingerprint density at radius 2 is 2.11 bits per heavy atom. The predicted octanol–water partition coefficient (Wildman–Crippen LogP) is 3.54. The molecule has 4 atom stereocenters. The van der Waals surface area contributed by atoms with Crippen LogP contribution < -0.4 is 0 Å². The van der Waals surface area contributed by atoms with Gasteiger partial charge in [0.15, 0.2) is 0 Å². The molecular weight excluding hydrogens is 222 g/mol. The summed E-state index contributed by atoms with van der Waals surface area (Å²) in [6.45, 7) is 14.8. The van der Waals surface area contributed by atoms with Gasteiger partial charge in [0.25, 0.3) is 0 Å². The van der Waals surface area contributed by atoms with E-state index in [1.54, 1.807) is 5.57 Å². The highest BCUT2D eigenvalue weighted by Gasteiger charge is 2.34. The molecule has 1 heterocycles. The van der Waals surface area contributed by atoms with E-state index in [1.807, 2.05) is 0 Å². The van der Waals surface area contributed by atoms with E-state index in [-0.39, 0.29) is 0 Å². The number of rotatable bonds is 3. The zero-order valence-corrected chi connectivity index (χ0v) is 12.6. The van der Waals surface area contributed by atoms with Gasteiger partial charge in [-0.05, 0) is 37.0 Å². The van der Waals surface area contributed by atoms with Gasteiger partial charge < -0.3 is 4.74 Å². The van der Waals surface area contributed by atoms with E-state index in [0.29, 0.717) is 18.1 Å². The lowest BCUT2D eigenvalue weighted by Gasteiger charge is -2.37. The summed E-state index contributed by atoms with van der Waals surface area (Å²) in [7, 11) is 0. The Kier molecular flexibility index (Phi) is 4.50. The molecule has 0 aromatic carbocycles. The van der Waals surface area contributed by atoms with Crippen molar-refractivity contribution in [3.8, 4) is 0 Å². The van der Waals surface area contributed by atoms with Gasteiger partial charge in [-0.25, -0.2) is 0 Å². The molecule has 2 aliphatic rings. The molecule has 0 spiro atoms. The van der Waals surface area contributed by atoms with Gasteiger partial charge in [-0.15, -0.1) is 0 Å². The second kappa shape index (κ2) is 5.75. The van der Waals surface area contributed by atoms with Gasteiger partial charge in [0.2, 0.25) is 0 Å². The number of hydrogen-bond donors (Lipinski definition) is 0. The summed E-state index contributed by atoms with van der Waals surface area (Å²) in [4.78, 5) is 2.57. The zero-order valence-electron chi connectivity index (χ0n) is 12.6. The Bertz CT molecular complexity index is 310. The molecule has 0 aromatic rings. The predicted molar refractivity (Wildman–Crippen MR) is 76.3 cm³/mol. The van der Waals surface area contributed by atoms with Crippen molar-refractivity contribution < 1.29 is 4.74 Å². The maximum Gasteiger partial charge on any atom is 0.113 e. The van der Waals surface area contributed by atoms with Gasteiger partial charge in [0.1, 0.15) is 6.23 Å². The summed E-state index contributed by atoms with van der Waals surface area (Å²) in [5.41, 5.74) is 1.57. The Hall–Kier alpha value is -0.340. The van der Waals surface area contributed by atoms with Crippen LogP contribution in [0.15, 0.2) is 11.6 Å². The fourth-order valence-corrected chi connectivity index (χ4v) is 3.77. The fourth-order valence-electron chi connectivity index (χ4n) is 3.77. The van der Waals surface area contributed by atoms with Crippen LogP contribution in [0.5, 0.6) is 0 Å². The number of allylic oxidation sites excluding steroid dienone is 2. The van der Waals surface area contributed by atoms with Crippen molar-refractivity contribution in [3.63, 3.8) is 0 Å². The van der Waals surface area contributed by atoms with Gasteiger partial charge >= 0.3 is 0 Å². The normalized spacial score (nSPS) is 38.2. The van der Waals surface area contributed by atoms with Crippen LogP contribution in [0, 0.1) is 23.7 Å². The molecule has 0 amide bonds. The molecule has 0 N–H and O–H groups in total. The molecule has 18 heavy (non-hydrogen) atoms. The Morgan fingerprint density at radius 1 is 1.39 bits per heavy atom. The second-order valence-corrected chi connectivity index (χ2v) is 6.72. The lowest BCUT2D eigenvalue weighted by atomic mass is 9.74. The van der Waals surface area contributed by atoms with Crippen molar-refractivity contribution in [3.05, 3.63) is 11.6 Å². The summed E-state index contributed by atoms with van der Waals surface area (Å²) >= 11 is 0. The average molecular weight is 251 g/mol. The van der Waals surface area contributed by atoms with Crippen molar-refractivity contribution >= 4 is 0 Å². The van der Waals surface area contributed by atoms with Crippen molar-refractivity contribution in [1.82, 2.24) is 4.90 Å². The minimum absolute atomic E-state index is 0.344. The quantitative estimate of drug-likeness (QED) is 0.711. The van der Waals surface area contributed by atoms with Crippen LogP contribution in [0.1, 0.15) is 41.0 Å². The third-order valence-corrected chi connectivity index (χ3v) is 4.64. The molecule has 2 nitrogen and oxygen atoms in total. The van der Waals surface area contributed by atoms with Gasteiger partial charge in [-0.2, -0.15) is 0 Å². The highest BCUT2D eigenvalue weighted by molar-refractivity contribution is 5.08. The SMILES string of the molecule is CC1=C[C@H](C)[C@H](CN2CCO[C@H]2C(C)C)[C@H](C)C1. The third kappa shape index (κ3) is 2.97. The first-order chi connectivity index (χ1) is 8.49. The topological polar surface area (TPSA) is 12.5 Å². The molecule has 104 valence electrons. The van der Waals surface area contributed by atoms with Gasteiger partial charge in [0.05, 0.1) is 6.61 Å². The van der Waals surface area contributed by atoms with Crippen molar-refractivity contribution in [2.75, 3.05) is 19.7 Å². The molecule has 0 saturated carbocycles. The Labute approximate surface area is 112 Å². The molecule has 1 saturated heterocycles. The van der Waals surface area contributed by atoms with Crippen LogP contribution in [0.2, 0.25) is 0 Å². The summed E-state index contributed by atoms with van der Waals surface area (Å²) in [6.07, 6.45) is 4.10. The molecule has 0 unspecified atom stereocenters. The first-order valence-corrected chi connectivity index (χ1v) is 7.52. The van der Waals surface area contributed by atoms with E-state index in [9.17, 15) is 0 Å². The van der Waals surface area contributed by atoms with E-state index in [1.165, 1.54) is 13.0 Å². The Morgan fingerprint density at radius 3 is 2.72 bits per heavy atom. The highest BCUT2D eigenvalue weighted by Crippen LogP contribution is 2.35. The van der Waals surface area contributed by atoms with Crippen LogP contribution in [0.3, 0.4) is 0 Å². The number of hydrogen-bond acceptors (Lipinski definition) is 2. The number of ether oxygens (including phenoxy) is 1.